The lowest BCUT2D eigenvalue weighted by atomic mass is 9.98. The number of thioether (sulfide) groups is 1. The van der Waals surface area contributed by atoms with E-state index in [2.05, 4.69) is 0 Å². The molecule has 0 spiro atoms. The molecule has 6 heteroatoms. The summed E-state index contributed by atoms with van der Waals surface area (Å²) >= 11 is 1.63. The second kappa shape index (κ2) is 8.86. The van der Waals surface area contributed by atoms with Crippen molar-refractivity contribution in [2.45, 2.75) is 24.7 Å². The summed E-state index contributed by atoms with van der Waals surface area (Å²) in [6.45, 7) is 2.55. The van der Waals surface area contributed by atoms with Crippen molar-refractivity contribution < 1.29 is 19.1 Å². The van der Waals surface area contributed by atoms with Gasteiger partial charge >= 0.3 is 5.97 Å². The summed E-state index contributed by atoms with van der Waals surface area (Å²) in [5.41, 5.74) is 1.96. The number of nitrogens with zero attached hydrogens (tertiary/aromatic N) is 1. The van der Waals surface area contributed by atoms with Gasteiger partial charge in [0.25, 0.3) is 5.91 Å². The number of fused-ring (bicyclic) bond motifs is 1. The lowest BCUT2D eigenvalue weighted by Gasteiger charge is -2.26. The van der Waals surface area contributed by atoms with Gasteiger partial charge in [-0.05, 0) is 55.0 Å². The molecule has 3 rings (SSSR count). The van der Waals surface area contributed by atoms with Crippen LogP contribution in [-0.4, -0.2) is 41.6 Å². The van der Waals surface area contributed by atoms with Crippen molar-refractivity contribution in [3.63, 3.8) is 0 Å². The predicted molar refractivity (Wildman–Crippen MR) is 104 cm³/mol. The molecule has 0 bridgehead atoms. The number of carbonyl (C=O) groups is 3. The standard InChI is InChI=1S/C21H21NO4S/c1-2-26-21(25)15-8-10-17(11-9-15)27-13-5-12-22-19(23)14-16-6-3-4-7-18(16)20(22)24/h3-4,6-11H,2,5,12-14H2,1H3. The van der Waals surface area contributed by atoms with Crippen LogP contribution in [0.25, 0.3) is 0 Å². The Bertz CT molecular complexity index is 848. The fourth-order valence-electron chi connectivity index (χ4n) is 2.94. The van der Waals surface area contributed by atoms with Crippen molar-refractivity contribution in [2.24, 2.45) is 0 Å². The summed E-state index contributed by atoms with van der Waals surface area (Å²) < 4.78 is 4.96. The smallest absolute Gasteiger partial charge is 0.338 e. The molecule has 1 aliphatic heterocycles. The highest BCUT2D eigenvalue weighted by Gasteiger charge is 2.29. The summed E-state index contributed by atoms with van der Waals surface area (Å²) in [6.07, 6.45) is 0.994. The number of amides is 2. The SMILES string of the molecule is CCOC(=O)c1ccc(SCCCN2C(=O)Cc3ccccc3C2=O)cc1. The van der Waals surface area contributed by atoms with E-state index < -0.39 is 0 Å². The molecule has 0 N–H and O–H groups in total. The van der Waals surface area contributed by atoms with Crippen LogP contribution in [0.3, 0.4) is 0 Å². The molecule has 0 radical (unpaired) electrons. The molecule has 0 unspecified atom stereocenters. The monoisotopic (exact) mass is 383 g/mol. The second-order valence-electron chi connectivity index (χ2n) is 6.13. The van der Waals surface area contributed by atoms with Crippen LogP contribution in [0.5, 0.6) is 0 Å². The summed E-state index contributed by atoms with van der Waals surface area (Å²) in [4.78, 5) is 38.8. The van der Waals surface area contributed by atoms with Gasteiger partial charge in [0, 0.05) is 17.0 Å². The highest BCUT2D eigenvalue weighted by molar-refractivity contribution is 7.99. The maximum Gasteiger partial charge on any atom is 0.338 e. The number of hydrogen-bond donors (Lipinski definition) is 0. The minimum absolute atomic E-state index is 0.137. The number of esters is 1. The fraction of sp³-hybridized carbons (Fsp3) is 0.286. The van der Waals surface area contributed by atoms with E-state index in [0.717, 1.165) is 16.2 Å². The van der Waals surface area contributed by atoms with Crippen molar-refractivity contribution >= 4 is 29.5 Å². The zero-order chi connectivity index (χ0) is 19.2. The van der Waals surface area contributed by atoms with Crippen LogP contribution in [0.4, 0.5) is 0 Å². The van der Waals surface area contributed by atoms with Crippen LogP contribution in [0.15, 0.2) is 53.4 Å². The van der Waals surface area contributed by atoms with E-state index in [4.69, 9.17) is 4.74 Å². The fourth-order valence-corrected chi connectivity index (χ4v) is 3.78. The molecule has 27 heavy (non-hydrogen) atoms. The topological polar surface area (TPSA) is 63.7 Å². The van der Waals surface area contributed by atoms with Crippen molar-refractivity contribution in [3.8, 4) is 0 Å². The third-order valence-corrected chi connectivity index (χ3v) is 5.39. The lowest BCUT2D eigenvalue weighted by Crippen LogP contribution is -2.42. The summed E-state index contributed by atoms with van der Waals surface area (Å²) in [5, 5.41) is 0. The minimum atomic E-state index is -0.323. The van der Waals surface area contributed by atoms with E-state index in [1.165, 1.54) is 4.90 Å². The highest BCUT2D eigenvalue weighted by Crippen LogP contribution is 2.22. The van der Waals surface area contributed by atoms with Gasteiger partial charge in [0.15, 0.2) is 0 Å². The van der Waals surface area contributed by atoms with E-state index in [1.54, 1.807) is 36.9 Å². The average molecular weight is 383 g/mol. The Morgan fingerprint density at radius 3 is 2.59 bits per heavy atom. The first-order valence-corrected chi connectivity index (χ1v) is 9.91. The van der Waals surface area contributed by atoms with Gasteiger partial charge in [-0.25, -0.2) is 4.79 Å². The molecular formula is C21H21NO4S. The van der Waals surface area contributed by atoms with Gasteiger partial charge in [0.05, 0.1) is 18.6 Å². The summed E-state index contributed by atoms with van der Waals surface area (Å²) in [6, 6.07) is 14.5. The minimum Gasteiger partial charge on any atom is -0.462 e. The molecule has 0 saturated carbocycles. The summed E-state index contributed by atoms with van der Waals surface area (Å²) in [7, 11) is 0. The maximum absolute atomic E-state index is 12.5. The molecule has 1 aliphatic rings. The van der Waals surface area contributed by atoms with Crippen LogP contribution >= 0.6 is 11.8 Å². The zero-order valence-corrected chi connectivity index (χ0v) is 16.0. The molecule has 5 nitrogen and oxygen atoms in total. The van der Waals surface area contributed by atoms with Crippen molar-refractivity contribution in [1.29, 1.82) is 0 Å². The van der Waals surface area contributed by atoms with Crippen molar-refractivity contribution in [2.75, 3.05) is 18.9 Å². The normalized spacial score (nSPS) is 13.4. The maximum atomic E-state index is 12.5. The largest absolute Gasteiger partial charge is 0.462 e. The average Bonchev–Trinajstić information content (AvgIpc) is 2.68. The first kappa shape index (κ1) is 19.2. The molecular weight excluding hydrogens is 362 g/mol. The van der Waals surface area contributed by atoms with E-state index in [-0.39, 0.29) is 24.2 Å². The Morgan fingerprint density at radius 2 is 1.85 bits per heavy atom. The molecule has 0 aliphatic carbocycles. The van der Waals surface area contributed by atoms with Gasteiger partial charge in [0.1, 0.15) is 0 Å². The van der Waals surface area contributed by atoms with Gasteiger partial charge in [-0.2, -0.15) is 0 Å². The highest BCUT2D eigenvalue weighted by atomic mass is 32.2. The van der Waals surface area contributed by atoms with Crippen LogP contribution in [0.1, 0.15) is 39.6 Å². The predicted octanol–water partition coefficient (Wildman–Crippen LogP) is 3.57. The Balaban J connectivity index is 1.50. The Labute approximate surface area is 162 Å². The van der Waals surface area contributed by atoms with Crippen LogP contribution < -0.4 is 0 Å². The lowest BCUT2D eigenvalue weighted by molar-refractivity contribution is -0.128. The molecule has 2 amide bonds. The molecule has 1 heterocycles. The van der Waals surface area contributed by atoms with Gasteiger partial charge in [0.2, 0.25) is 5.91 Å². The molecule has 0 aromatic heterocycles. The van der Waals surface area contributed by atoms with E-state index in [9.17, 15) is 14.4 Å². The van der Waals surface area contributed by atoms with Gasteiger partial charge < -0.3 is 4.74 Å². The van der Waals surface area contributed by atoms with Crippen molar-refractivity contribution in [3.05, 3.63) is 65.2 Å². The second-order valence-corrected chi connectivity index (χ2v) is 7.30. The van der Waals surface area contributed by atoms with Crippen LogP contribution in [0.2, 0.25) is 0 Å². The Hall–Kier alpha value is -2.60. The van der Waals surface area contributed by atoms with E-state index in [1.807, 2.05) is 30.3 Å². The van der Waals surface area contributed by atoms with E-state index in [0.29, 0.717) is 30.7 Å². The van der Waals surface area contributed by atoms with Crippen LogP contribution in [0, 0.1) is 0 Å². The van der Waals surface area contributed by atoms with Gasteiger partial charge in [-0.3, -0.25) is 14.5 Å². The first-order valence-electron chi connectivity index (χ1n) is 8.92. The number of imide groups is 1. The number of rotatable bonds is 7. The zero-order valence-electron chi connectivity index (χ0n) is 15.1. The molecule has 0 fully saturated rings. The van der Waals surface area contributed by atoms with Gasteiger partial charge in [-0.15, -0.1) is 11.8 Å². The summed E-state index contributed by atoms with van der Waals surface area (Å²) in [5.74, 6) is 0.113. The molecule has 0 atom stereocenters. The number of hydrogen-bond acceptors (Lipinski definition) is 5. The number of ether oxygens (including phenoxy) is 1. The molecule has 0 saturated heterocycles. The third-order valence-electron chi connectivity index (χ3n) is 4.30. The Kier molecular flexibility index (Phi) is 6.29. The molecule has 140 valence electrons. The number of benzene rings is 2. The quantitative estimate of drug-likeness (QED) is 0.317. The van der Waals surface area contributed by atoms with Gasteiger partial charge in [-0.1, -0.05) is 18.2 Å². The third kappa shape index (κ3) is 4.57. The van der Waals surface area contributed by atoms with Crippen molar-refractivity contribution in [1.82, 2.24) is 4.90 Å². The molecule has 2 aromatic carbocycles. The number of carbonyl (C=O) groups excluding carboxylic acids is 3. The van der Waals surface area contributed by atoms with E-state index >= 15 is 0 Å². The first-order chi connectivity index (χ1) is 13.1. The molecule has 2 aromatic rings. The Morgan fingerprint density at radius 1 is 1.11 bits per heavy atom. The van der Waals surface area contributed by atoms with Crippen LogP contribution in [-0.2, 0) is 16.0 Å².